The van der Waals surface area contributed by atoms with Crippen LogP contribution in [0, 0.1) is 0 Å². The molecule has 2 N–H and O–H groups in total. The van der Waals surface area contributed by atoms with Gasteiger partial charge in [-0.05, 0) is 43.0 Å². The number of hydrogen-bond acceptors (Lipinski definition) is 2. The van der Waals surface area contributed by atoms with Crippen LogP contribution in [0.15, 0.2) is 30.3 Å². The molecule has 3 heteroatoms. The van der Waals surface area contributed by atoms with Crippen molar-refractivity contribution in [3.8, 4) is 5.75 Å². The molecule has 0 amide bonds. The van der Waals surface area contributed by atoms with Crippen molar-refractivity contribution in [2.75, 3.05) is 0 Å². The fraction of sp³-hybridized carbons (Fsp3) is 0.308. The molecule has 1 aromatic carbocycles. The standard InChI is InChI=1S/C13H16O3/c1-10(5-2-3-8-13(15)16)11-6-4-7-12(14)9-11/h4-7,9,14H,2-3,8H2,1H3,(H,15,16)/b10-5+. The van der Waals surface area contributed by atoms with Gasteiger partial charge in [0.2, 0.25) is 0 Å². The van der Waals surface area contributed by atoms with Gasteiger partial charge in [0.1, 0.15) is 5.75 Å². The first kappa shape index (κ1) is 12.3. The van der Waals surface area contributed by atoms with Gasteiger partial charge in [0.15, 0.2) is 0 Å². The quantitative estimate of drug-likeness (QED) is 0.750. The van der Waals surface area contributed by atoms with E-state index < -0.39 is 5.97 Å². The molecule has 3 nitrogen and oxygen atoms in total. The minimum atomic E-state index is -0.761. The number of carbonyl (C=O) groups is 1. The van der Waals surface area contributed by atoms with Gasteiger partial charge < -0.3 is 10.2 Å². The van der Waals surface area contributed by atoms with E-state index in [1.807, 2.05) is 19.1 Å². The van der Waals surface area contributed by atoms with Crippen molar-refractivity contribution in [3.63, 3.8) is 0 Å². The molecule has 86 valence electrons. The fourth-order valence-electron chi connectivity index (χ4n) is 1.44. The average molecular weight is 220 g/mol. The zero-order valence-electron chi connectivity index (χ0n) is 9.31. The van der Waals surface area contributed by atoms with Crippen molar-refractivity contribution >= 4 is 11.5 Å². The molecule has 0 spiro atoms. The Balaban J connectivity index is 2.53. The van der Waals surface area contributed by atoms with Gasteiger partial charge in [-0.25, -0.2) is 0 Å². The normalized spacial score (nSPS) is 11.4. The van der Waals surface area contributed by atoms with Crippen LogP contribution >= 0.6 is 0 Å². The fourth-order valence-corrected chi connectivity index (χ4v) is 1.44. The van der Waals surface area contributed by atoms with Crippen LogP contribution in [-0.4, -0.2) is 16.2 Å². The Morgan fingerprint density at radius 1 is 1.44 bits per heavy atom. The highest BCUT2D eigenvalue weighted by molar-refractivity contribution is 5.67. The molecule has 0 radical (unpaired) electrons. The predicted molar refractivity (Wildman–Crippen MR) is 63.2 cm³/mol. The number of hydrogen-bond donors (Lipinski definition) is 2. The first-order valence-corrected chi connectivity index (χ1v) is 5.27. The van der Waals surface area contributed by atoms with Crippen LogP contribution < -0.4 is 0 Å². The molecule has 0 unspecified atom stereocenters. The lowest BCUT2D eigenvalue weighted by atomic mass is 10.1. The van der Waals surface area contributed by atoms with Crippen LogP contribution in [0.3, 0.4) is 0 Å². The summed E-state index contributed by atoms with van der Waals surface area (Å²) < 4.78 is 0. The minimum Gasteiger partial charge on any atom is -0.508 e. The first-order chi connectivity index (χ1) is 7.59. The van der Waals surface area contributed by atoms with Crippen molar-refractivity contribution in [2.24, 2.45) is 0 Å². The van der Waals surface area contributed by atoms with E-state index >= 15 is 0 Å². The lowest BCUT2D eigenvalue weighted by Crippen LogP contribution is -1.92. The molecule has 0 aliphatic carbocycles. The number of phenols is 1. The van der Waals surface area contributed by atoms with Crippen LogP contribution in [0.4, 0.5) is 0 Å². The molecule has 0 saturated heterocycles. The maximum atomic E-state index is 10.3. The molecular formula is C13H16O3. The lowest BCUT2D eigenvalue weighted by Gasteiger charge is -2.02. The summed E-state index contributed by atoms with van der Waals surface area (Å²) in [7, 11) is 0. The Morgan fingerprint density at radius 2 is 2.19 bits per heavy atom. The first-order valence-electron chi connectivity index (χ1n) is 5.27. The van der Waals surface area contributed by atoms with Gasteiger partial charge in [0.25, 0.3) is 0 Å². The number of phenolic OH excluding ortho intramolecular Hbond substituents is 1. The number of rotatable bonds is 5. The molecule has 0 bridgehead atoms. The van der Waals surface area contributed by atoms with Crippen LogP contribution in [0.25, 0.3) is 5.57 Å². The maximum absolute atomic E-state index is 10.3. The monoisotopic (exact) mass is 220 g/mol. The van der Waals surface area contributed by atoms with Gasteiger partial charge in [-0.1, -0.05) is 18.2 Å². The second kappa shape index (κ2) is 5.95. The lowest BCUT2D eigenvalue weighted by molar-refractivity contribution is -0.137. The summed E-state index contributed by atoms with van der Waals surface area (Å²) in [6.45, 7) is 1.95. The Bertz CT molecular complexity index is 394. The van der Waals surface area contributed by atoms with E-state index in [1.54, 1.807) is 18.2 Å². The van der Waals surface area contributed by atoms with Gasteiger partial charge in [0, 0.05) is 6.42 Å². The van der Waals surface area contributed by atoms with Crippen LogP contribution in [0.1, 0.15) is 31.7 Å². The Hall–Kier alpha value is -1.77. The van der Waals surface area contributed by atoms with Crippen molar-refractivity contribution in [3.05, 3.63) is 35.9 Å². The Kier molecular flexibility index (Phi) is 4.58. The van der Waals surface area contributed by atoms with Crippen molar-refractivity contribution in [1.82, 2.24) is 0 Å². The molecule has 0 aromatic heterocycles. The molecular weight excluding hydrogens is 204 g/mol. The third-order valence-corrected chi connectivity index (χ3v) is 2.35. The van der Waals surface area contributed by atoms with Gasteiger partial charge in [-0.2, -0.15) is 0 Å². The largest absolute Gasteiger partial charge is 0.508 e. The number of allylic oxidation sites excluding steroid dienone is 2. The van der Waals surface area contributed by atoms with Crippen LogP contribution in [0.2, 0.25) is 0 Å². The molecule has 1 aromatic rings. The summed E-state index contributed by atoms with van der Waals surface area (Å²) in [4.78, 5) is 10.3. The van der Waals surface area contributed by atoms with Crippen LogP contribution in [-0.2, 0) is 4.79 Å². The summed E-state index contributed by atoms with van der Waals surface area (Å²) in [5.74, 6) is -0.515. The van der Waals surface area contributed by atoms with Crippen molar-refractivity contribution in [1.29, 1.82) is 0 Å². The SMILES string of the molecule is C/C(=C\CCCC(=O)O)c1cccc(O)c1. The highest BCUT2D eigenvalue weighted by atomic mass is 16.4. The Labute approximate surface area is 95.0 Å². The highest BCUT2D eigenvalue weighted by Crippen LogP contribution is 2.19. The van der Waals surface area contributed by atoms with Gasteiger partial charge in [-0.15, -0.1) is 0 Å². The number of aromatic hydroxyl groups is 1. The van der Waals surface area contributed by atoms with E-state index in [9.17, 15) is 9.90 Å². The number of carboxylic acids is 1. The minimum absolute atomic E-state index is 0.198. The molecule has 0 aliphatic heterocycles. The summed E-state index contributed by atoms with van der Waals surface area (Å²) in [6.07, 6.45) is 3.58. The van der Waals surface area contributed by atoms with Crippen molar-refractivity contribution < 1.29 is 15.0 Å². The second-order valence-electron chi connectivity index (χ2n) is 3.72. The Morgan fingerprint density at radius 3 is 2.81 bits per heavy atom. The molecule has 0 aliphatic rings. The van der Waals surface area contributed by atoms with E-state index in [0.717, 1.165) is 17.6 Å². The molecule has 0 heterocycles. The third-order valence-electron chi connectivity index (χ3n) is 2.35. The molecule has 16 heavy (non-hydrogen) atoms. The number of benzene rings is 1. The van der Waals surface area contributed by atoms with Crippen molar-refractivity contribution in [2.45, 2.75) is 26.2 Å². The summed E-state index contributed by atoms with van der Waals surface area (Å²) in [5.41, 5.74) is 2.02. The molecule has 0 fully saturated rings. The number of unbranched alkanes of at least 4 members (excludes halogenated alkanes) is 1. The van der Waals surface area contributed by atoms with E-state index in [0.29, 0.717) is 6.42 Å². The van der Waals surface area contributed by atoms with E-state index in [1.165, 1.54) is 0 Å². The second-order valence-corrected chi connectivity index (χ2v) is 3.72. The summed E-state index contributed by atoms with van der Waals surface area (Å²) in [6, 6.07) is 7.03. The molecule has 1 rings (SSSR count). The zero-order valence-corrected chi connectivity index (χ0v) is 9.31. The van der Waals surface area contributed by atoms with E-state index in [2.05, 4.69) is 0 Å². The van der Waals surface area contributed by atoms with Crippen LogP contribution in [0.5, 0.6) is 5.75 Å². The zero-order chi connectivity index (χ0) is 12.0. The van der Waals surface area contributed by atoms with E-state index in [4.69, 9.17) is 5.11 Å². The number of aliphatic carboxylic acids is 1. The molecule has 0 atom stereocenters. The number of carboxylic acid groups (broad SMARTS) is 1. The predicted octanol–water partition coefficient (Wildman–Crippen LogP) is 3.05. The third kappa shape index (κ3) is 4.17. The summed E-state index contributed by atoms with van der Waals surface area (Å²) >= 11 is 0. The van der Waals surface area contributed by atoms with Gasteiger partial charge >= 0.3 is 5.97 Å². The maximum Gasteiger partial charge on any atom is 0.303 e. The topological polar surface area (TPSA) is 57.5 Å². The van der Waals surface area contributed by atoms with Gasteiger partial charge in [-0.3, -0.25) is 4.79 Å². The highest BCUT2D eigenvalue weighted by Gasteiger charge is 1.98. The molecule has 0 saturated carbocycles. The smallest absolute Gasteiger partial charge is 0.303 e. The van der Waals surface area contributed by atoms with Gasteiger partial charge in [0.05, 0.1) is 0 Å². The van der Waals surface area contributed by atoms with E-state index in [-0.39, 0.29) is 12.2 Å². The summed E-state index contributed by atoms with van der Waals surface area (Å²) in [5, 5.41) is 17.8. The average Bonchev–Trinajstić information content (AvgIpc) is 2.24.